The Morgan fingerprint density at radius 3 is 2.75 bits per heavy atom. The van der Waals surface area contributed by atoms with Crippen LogP contribution in [0.5, 0.6) is 5.75 Å². The minimum absolute atomic E-state index is 0.0963. The first-order chi connectivity index (χ1) is 15.6. The van der Waals surface area contributed by atoms with Gasteiger partial charge in [0.05, 0.1) is 19.6 Å². The molecule has 1 aromatic carbocycles. The molecule has 9 heteroatoms. The van der Waals surface area contributed by atoms with Gasteiger partial charge in [-0.15, -0.1) is 0 Å². The highest BCUT2D eigenvalue weighted by atomic mass is 32.1. The maximum Gasteiger partial charge on any atom is 0.309 e. The van der Waals surface area contributed by atoms with E-state index in [0.29, 0.717) is 39.0 Å². The summed E-state index contributed by atoms with van der Waals surface area (Å²) in [6, 6.07) is 7.70. The minimum Gasteiger partial charge on any atom is -0.497 e. The van der Waals surface area contributed by atoms with Gasteiger partial charge in [0.1, 0.15) is 17.6 Å². The van der Waals surface area contributed by atoms with Crippen LogP contribution in [0.3, 0.4) is 0 Å². The highest BCUT2D eigenvalue weighted by molar-refractivity contribution is 7.09. The number of rotatable bonds is 7. The average Bonchev–Trinajstić information content (AvgIpc) is 3.48. The van der Waals surface area contributed by atoms with E-state index in [2.05, 4.69) is 9.27 Å². The third kappa shape index (κ3) is 5.03. The quantitative estimate of drug-likeness (QED) is 0.590. The van der Waals surface area contributed by atoms with Crippen LogP contribution in [-0.2, 0) is 20.7 Å². The SMILES string of the molecule is CCOC(=O)C1CCN(C(=O)C2CCCN2c2nc(Cc3cccc(OC)c3)ns2)CC1. The summed E-state index contributed by atoms with van der Waals surface area (Å²) in [4.78, 5) is 34.0. The number of ether oxygens (including phenoxy) is 2. The summed E-state index contributed by atoms with van der Waals surface area (Å²) < 4.78 is 15.0. The Morgan fingerprint density at radius 1 is 1.19 bits per heavy atom. The number of anilines is 1. The number of carbonyl (C=O) groups is 2. The number of nitrogens with zero attached hydrogens (tertiary/aromatic N) is 4. The molecule has 172 valence electrons. The largest absolute Gasteiger partial charge is 0.497 e. The number of methoxy groups -OCH3 is 1. The third-order valence-electron chi connectivity index (χ3n) is 6.16. The van der Waals surface area contributed by atoms with Crippen LogP contribution in [0.4, 0.5) is 5.13 Å². The van der Waals surface area contributed by atoms with Gasteiger partial charge in [-0.3, -0.25) is 9.59 Å². The highest BCUT2D eigenvalue weighted by Gasteiger charge is 2.37. The number of esters is 1. The van der Waals surface area contributed by atoms with E-state index in [1.165, 1.54) is 11.5 Å². The lowest BCUT2D eigenvalue weighted by Crippen LogP contribution is -2.49. The topological polar surface area (TPSA) is 84.9 Å². The van der Waals surface area contributed by atoms with Crippen LogP contribution in [0.1, 0.15) is 44.0 Å². The average molecular weight is 459 g/mol. The van der Waals surface area contributed by atoms with E-state index in [0.717, 1.165) is 41.7 Å². The van der Waals surface area contributed by atoms with E-state index in [9.17, 15) is 9.59 Å². The molecule has 2 fully saturated rings. The van der Waals surface area contributed by atoms with Gasteiger partial charge in [0, 0.05) is 37.6 Å². The molecule has 2 aliphatic heterocycles. The monoisotopic (exact) mass is 458 g/mol. The zero-order valence-electron chi connectivity index (χ0n) is 18.7. The molecule has 32 heavy (non-hydrogen) atoms. The second-order valence-electron chi connectivity index (χ2n) is 8.22. The molecule has 1 atom stereocenters. The molecule has 1 amide bonds. The first kappa shape index (κ1) is 22.5. The molecule has 2 saturated heterocycles. The van der Waals surface area contributed by atoms with Crippen LogP contribution < -0.4 is 9.64 Å². The number of carbonyl (C=O) groups excluding carboxylic acids is 2. The van der Waals surface area contributed by atoms with E-state index in [1.54, 1.807) is 7.11 Å². The van der Waals surface area contributed by atoms with Crippen LogP contribution in [-0.4, -0.2) is 65.5 Å². The fourth-order valence-corrected chi connectivity index (χ4v) is 5.22. The van der Waals surface area contributed by atoms with E-state index in [-0.39, 0.29) is 23.8 Å². The summed E-state index contributed by atoms with van der Waals surface area (Å²) >= 11 is 1.36. The second-order valence-corrected chi connectivity index (χ2v) is 8.95. The number of benzene rings is 1. The molecule has 0 saturated carbocycles. The summed E-state index contributed by atoms with van der Waals surface area (Å²) in [7, 11) is 1.65. The molecule has 0 aliphatic carbocycles. The van der Waals surface area contributed by atoms with Gasteiger partial charge in [-0.05, 0) is 50.3 Å². The number of amides is 1. The van der Waals surface area contributed by atoms with Crippen molar-refractivity contribution in [2.75, 3.05) is 38.3 Å². The fourth-order valence-electron chi connectivity index (χ4n) is 4.46. The van der Waals surface area contributed by atoms with E-state index < -0.39 is 0 Å². The standard InChI is InChI=1S/C23H30N4O4S/c1-3-31-22(29)17-9-12-26(13-10-17)21(28)19-8-5-11-27(19)23-24-20(25-32-23)15-16-6-4-7-18(14-16)30-2/h4,6-7,14,17,19H,3,5,8-13,15H2,1-2H3. The summed E-state index contributed by atoms with van der Waals surface area (Å²) in [5.74, 6) is 1.47. The molecular formula is C23H30N4O4S. The van der Waals surface area contributed by atoms with Crippen molar-refractivity contribution in [2.24, 2.45) is 5.92 Å². The molecule has 3 heterocycles. The normalized spacial score (nSPS) is 19.2. The van der Waals surface area contributed by atoms with E-state index in [4.69, 9.17) is 14.5 Å². The number of aromatic nitrogens is 2. The lowest BCUT2D eigenvalue weighted by Gasteiger charge is -2.34. The summed E-state index contributed by atoms with van der Waals surface area (Å²) in [5.41, 5.74) is 1.09. The van der Waals surface area contributed by atoms with Crippen molar-refractivity contribution in [1.29, 1.82) is 0 Å². The van der Waals surface area contributed by atoms with Crippen molar-refractivity contribution in [1.82, 2.24) is 14.3 Å². The minimum atomic E-state index is -0.202. The molecule has 0 bridgehead atoms. The Labute approximate surface area is 192 Å². The van der Waals surface area contributed by atoms with Crippen LogP contribution in [0.15, 0.2) is 24.3 Å². The van der Waals surface area contributed by atoms with Crippen LogP contribution in [0.2, 0.25) is 0 Å². The highest BCUT2D eigenvalue weighted by Crippen LogP contribution is 2.30. The maximum absolute atomic E-state index is 13.3. The van der Waals surface area contributed by atoms with Crippen molar-refractivity contribution in [3.05, 3.63) is 35.7 Å². The summed E-state index contributed by atoms with van der Waals surface area (Å²) in [6.07, 6.45) is 3.74. The molecule has 1 aromatic heterocycles. The number of hydrogen-bond donors (Lipinski definition) is 0. The number of likely N-dealkylation sites (tertiary alicyclic amines) is 1. The molecule has 0 N–H and O–H groups in total. The first-order valence-electron chi connectivity index (χ1n) is 11.3. The fraction of sp³-hybridized carbons (Fsp3) is 0.565. The van der Waals surface area contributed by atoms with Crippen LogP contribution >= 0.6 is 11.5 Å². The predicted octanol–water partition coefficient (Wildman–Crippen LogP) is 2.91. The van der Waals surface area contributed by atoms with Crippen molar-refractivity contribution < 1.29 is 19.1 Å². The Kier molecular flexibility index (Phi) is 7.24. The molecule has 8 nitrogen and oxygen atoms in total. The van der Waals surface area contributed by atoms with E-state index >= 15 is 0 Å². The van der Waals surface area contributed by atoms with E-state index in [1.807, 2.05) is 36.1 Å². The number of hydrogen-bond acceptors (Lipinski definition) is 8. The zero-order valence-corrected chi connectivity index (χ0v) is 19.5. The van der Waals surface area contributed by atoms with Crippen LogP contribution in [0.25, 0.3) is 0 Å². The van der Waals surface area contributed by atoms with Gasteiger partial charge in [-0.1, -0.05) is 12.1 Å². The van der Waals surface area contributed by atoms with Gasteiger partial charge in [-0.2, -0.15) is 4.37 Å². The molecule has 0 spiro atoms. The Morgan fingerprint density at radius 2 is 2.00 bits per heavy atom. The molecule has 2 aliphatic rings. The summed E-state index contributed by atoms with van der Waals surface area (Å²) in [5, 5.41) is 0.806. The Bertz CT molecular complexity index is 942. The van der Waals surface area contributed by atoms with Crippen molar-refractivity contribution in [2.45, 2.75) is 45.1 Å². The van der Waals surface area contributed by atoms with Gasteiger partial charge in [0.25, 0.3) is 0 Å². The Hall–Kier alpha value is -2.68. The second kappa shape index (κ2) is 10.3. The first-order valence-corrected chi connectivity index (χ1v) is 12.0. The van der Waals surface area contributed by atoms with Gasteiger partial charge in [0.2, 0.25) is 11.0 Å². The smallest absolute Gasteiger partial charge is 0.309 e. The van der Waals surface area contributed by atoms with Gasteiger partial charge < -0.3 is 19.3 Å². The van der Waals surface area contributed by atoms with Gasteiger partial charge in [-0.25, -0.2) is 4.98 Å². The van der Waals surface area contributed by atoms with Crippen molar-refractivity contribution >= 4 is 28.5 Å². The van der Waals surface area contributed by atoms with Crippen molar-refractivity contribution in [3.8, 4) is 5.75 Å². The Balaban J connectivity index is 1.37. The lowest BCUT2D eigenvalue weighted by molar-refractivity contribution is -0.151. The molecule has 0 radical (unpaired) electrons. The van der Waals surface area contributed by atoms with Crippen LogP contribution in [0, 0.1) is 5.92 Å². The lowest BCUT2D eigenvalue weighted by atomic mass is 9.96. The molecule has 4 rings (SSSR count). The molecular weight excluding hydrogens is 428 g/mol. The van der Waals surface area contributed by atoms with Crippen molar-refractivity contribution in [3.63, 3.8) is 0 Å². The maximum atomic E-state index is 13.3. The number of piperidine rings is 1. The predicted molar refractivity (Wildman–Crippen MR) is 122 cm³/mol. The third-order valence-corrected chi connectivity index (χ3v) is 6.96. The molecule has 2 aromatic rings. The van der Waals surface area contributed by atoms with Gasteiger partial charge >= 0.3 is 5.97 Å². The van der Waals surface area contributed by atoms with Gasteiger partial charge in [0.15, 0.2) is 0 Å². The zero-order chi connectivity index (χ0) is 22.5. The summed E-state index contributed by atoms with van der Waals surface area (Å²) in [6.45, 7) is 4.23. The molecule has 1 unspecified atom stereocenters.